The van der Waals surface area contributed by atoms with E-state index in [0.717, 1.165) is 12.1 Å². The maximum atomic E-state index is 12.9. The van der Waals surface area contributed by atoms with Crippen LogP contribution in [0.25, 0.3) is 0 Å². The van der Waals surface area contributed by atoms with E-state index >= 15 is 0 Å². The quantitative estimate of drug-likeness (QED) is 0.683. The summed E-state index contributed by atoms with van der Waals surface area (Å²) < 4.78 is 64.8. The van der Waals surface area contributed by atoms with Gasteiger partial charge in [-0.2, -0.15) is 17.9 Å². The molecule has 2 aromatic carbocycles. The molecular formula is C17H10ClF3N2O6S. The zero-order chi connectivity index (χ0) is 22.3. The summed E-state index contributed by atoms with van der Waals surface area (Å²) in [4.78, 5) is 39.9. The number of benzene rings is 2. The van der Waals surface area contributed by atoms with Gasteiger partial charge in [0.15, 0.2) is 0 Å². The molecular weight excluding hydrogens is 453 g/mol. The van der Waals surface area contributed by atoms with E-state index in [9.17, 15) is 36.0 Å². The zero-order valence-electron chi connectivity index (χ0n) is 14.6. The highest BCUT2D eigenvalue weighted by Gasteiger charge is 2.39. The fraction of sp³-hybridized carbons (Fsp3) is 0.118. The fourth-order valence-corrected chi connectivity index (χ4v) is 3.73. The number of nitrogens with one attached hydrogen (secondary N) is 1. The average molecular weight is 463 g/mol. The summed E-state index contributed by atoms with van der Waals surface area (Å²) in [6, 6.07) is 7.52. The van der Waals surface area contributed by atoms with Gasteiger partial charge in [-0.25, -0.2) is 13.2 Å². The molecule has 3 rings (SSSR count). The predicted octanol–water partition coefficient (Wildman–Crippen LogP) is 2.39. The average Bonchev–Trinajstić information content (AvgIpc) is 2.91. The van der Waals surface area contributed by atoms with E-state index in [1.807, 2.05) is 0 Å². The van der Waals surface area contributed by atoms with E-state index in [1.54, 1.807) is 4.72 Å². The molecule has 0 aliphatic carbocycles. The van der Waals surface area contributed by atoms with Crippen LogP contribution in [0.4, 0.5) is 13.2 Å². The van der Waals surface area contributed by atoms with Gasteiger partial charge in [-0.15, -0.1) is 0 Å². The number of hydrogen-bond acceptors (Lipinski definition) is 6. The van der Waals surface area contributed by atoms with Gasteiger partial charge < -0.3 is 4.84 Å². The number of imide groups is 1. The Morgan fingerprint density at radius 3 is 2.17 bits per heavy atom. The first kappa shape index (κ1) is 21.7. The van der Waals surface area contributed by atoms with Gasteiger partial charge in [-0.1, -0.05) is 28.8 Å². The van der Waals surface area contributed by atoms with Gasteiger partial charge in [-0.05, 0) is 30.3 Å². The maximum Gasteiger partial charge on any atom is 0.417 e. The lowest BCUT2D eigenvalue weighted by atomic mass is 10.1. The van der Waals surface area contributed by atoms with Gasteiger partial charge in [0.1, 0.15) is 6.54 Å². The zero-order valence-corrected chi connectivity index (χ0v) is 16.1. The molecule has 0 fully saturated rings. The summed E-state index contributed by atoms with van der Waals surface area (Å²) in [5.41, 5.74) is -1.38. The first-order valence-electron chi connectivity index (χ1n) is 7.97. The summed E-state index contributed by atoms with van der Waals surface area (Å²) in [5, 5.41) is -0.530. The lowest BCUT2D eigenvalue weighted by Crippen LogP contribution is -2.38. The fourth-order valence-electron chi connectivity index (χ4n) is 2.51. The van der Waals surface area contributed by atoms with Crippen molar-refractivity contribution >= 4 is 39.4 Å². The third-order valence-corrected chi connectivity index (χ3v) is 5.64. The van der Waals surface area contributed by atoms with Gasteiger partial charge in [0.25, 0.3) is 11.8 Å². The van der Waals surface area contributed by atoms with Crippen molar-refractivity contribution in [3.8, 4) is 0 Å². The monoisotopic (exact) mass is 462 g/mol. The summed E-state index contributed by atoms with van der Waals surface area (Å²) in [6.45, 7) is -1.06. The Bertz CT molecular complexity index is 1130. The van der Waals surface area contributed by atoms with Gasteiger partial charge in [0.2, 0.25) is 10.0 Å². The highest BCUT2D eigenvalue weighted by Crippen LogP contribution is 2.35. The summed E-state index contributed by atoms with van der Waals surface area (Å²) in [6.07, 6.45) is -4.90. The molecule has 1 aliphatic heterocycles. The highest BCUT2D eigenvalue weighted by atomic mass is 35.5. The Morgan fingerprint density at radius 1 is 1.07 bits per heavy atom. The van der Waals surface area contributed by atoms with E-state index in [0.29, 0.717) is 6.07 Å². The van der Waals surface area contributed by atoms with Crippen molar-refractivity contribution in [3.05, 3.63) is 64.2 Å². The highest BCUT2D eigenvalue weighted by molar-refractivity contribution is 7.89. The van der Waals surface area contributed by atoms with Crippen LogP contribution >= 0.6 is 11.6 Å². The number of halogens is 4. The van der Waals surface area contributed by atoms with Gasteiger partial charge in [0.05, 0.1) is 26.6 Å². The molecule has 0 bridgehead atoms. The molecule has 0 radical (unpaired) electrons. The number of hydroxylamine groups is 2. The lowest BCUT2D eigenvalue weighted by molar-refractivity contribution is -0.166. The number of hydrogen-bond donors (Lipinski definition) is 1. The summed E-state index contributed by atoms with van der Waals surface area (Å²) >= 11 is 5.44. The minimum absolute atomic E-state index is 0.00303. The molecule has 13 heteroatoms. The molecule has 1 N–H and O–H groups in total. The third-order valence-electron chi connectivity index (χ3n) is 3.91. The van der Waals surface area contributed by atoms with E-state index in [1.165, 1.54) is 24.3 Å². The molecule has 8 nitrogen and oxygen atoms in total. The van der Waals surface area contributed by atoms with E-state index in [-0.39, 0.29) is 16.2 Å². The van der Waals surface area contributed by atoms with Gasteiger partial charge in [-0.3, -0.25) is 9.59 Å². The van der Waals surface area contributed by atoms with Gasteiger partial charge >= 0.3 is 12.1 Å². The molecule has 2 aromatic rings. The standard InChI is InChI=1S/C17H10ClF3N2O6S/c18-13-6-5-9(7-12(13)17(19,20)21)30(27,28)22-8-14(24)29-23-15(25)10-3-1-2-4-11(10)16(23)26/h1-7,22H,8H2. The van der Waals surface area contributed by atoms with Crippen molar-refractivity contribution < 1.29 is 40.8 Å². The first-order chi connectivity index (χ1) is 13.9. The number of nitrogens with zero attached hydrogens (tertiary/aromatic N) is 1. The summed E-state index contributed by atoms with van der Waals surface area (Å²) in [5.74, 6) is -3.17. The summed E-state index contributed by atoms with van der Waals surface area (Å²) in [7, 11) is -4.57. The number of sulfonamides is 1. The molecule has 2 amide bonds. The number of alkyl halides is 3. The Labute approximate surface area is 172 Å². The lowest BCUT2D eigenvalue weighted by Gasteiger charge is -2.14. The molecule has 0 saturated heterocycles. The SMILES string of the molecule is O=C(CNS(=O)(=O)c1ccc(Cl)c(C(F)(F)F)c1)ON1C(=O)c2ccccc2C1=O. The Kier molecular flexibility index (Phi) is 5.58. The van der Waals surface area contributed by atoms with Gasteiger partial charge in [0, 0.05) is 0 Å². The number of carbonyl (C=O) groups is 3. The second kappa shape index (κ2) is 7.70. The Balaban J connectivity index is 1.69. The number of carbonyl (C=O) groups excluding carboxylic acids is 3. The first-order valence-corrected chi connectivity index (χ1v) is 9.83. The molecule has 0 saturated carbocycles. The van der Waals surface area contributed by atoms with Crippen molar-refractivity contribution in [2.45, 2.75) is 11.1 Å². The van der Waals surface area contributed by atoms with E-state index in [2.05, 4.69) is 4.84 Å². The number of fused-ring (bicyclic) bond motifs is 1. The Morgan fingerprint density at radius 2 is 1.63 bits per heavy atom. The van der Waals surface area contributed by atoms with Crippen molar-refractivity contribution in [1.82, 2.24) is 9.79 Å². The molecule has 0 aromatic heterocycles. The van der Waals surface area contributed by atoms with Crippen LogP contribution in [-0.2, 0) is 25.8 Å². The molecule has 158 valence electrons. The molecule has 0 unspecified atom stereocenters. The molecule has 1 aliphatic rings. The van der Waals surface area contributed by atoms with Crippen molar-refractivity contribution in [3.63, 3.8) is 0 Å². The van der Waals surface area contributed by atoms with Crippen molar-refractivity contribution in [1.29, 1.82) is 0 Å². The number of amides is 2. The molecule has 0 spiro atoms. The van der Waals surface area contributed by atoms with Crippen molar-refractivity contribution in [2.75, 3.05) is 6.54 Å². The van der Waals surface area contributed by atoms with Crippen LogP contribution in [0.3, 0.4) is 0 Å². The minimum atomic E-state index is -4.90. The van der Waals surface area contributed by atoms with Crippen LogP contribution in [-0.4, -0.2) is 37.8 Å². The molecule has 30 heavy (non-hydrogen) atoms. The van der Waals surface area contributed by atoms with Crippen LogP contribution in [0.1, 0.15) is 26.3 Å². The van der Waals surface area contributed by atoms with Crippen LogP contribution in [0, 0.1) is 0 Å². The van der Waals surface area contributed by atoms with E-state index < -0.39 is 56.0 Å². The smallest absolute Gasteiger partial charge is 0.328 e. The van der Waals surface area contributed by atoms with E-state index in [4.69, 9.17) is 11.6 Å². The van der Waals surface area contributed by atoms with Crippen molar-refractivity contribution in [2.24, 2.45) is 0 Å². The topological polar surface area (TPSA) is 110 Å². The maximum absolute atomic E-state index is 12.9. The third kappa shape index (κ3) is 4.15. The predicted molar refractivity (Wildman–Crippen MR) is 94.7 cm³/mol. The molecule has 1 heterocycles. The Hall–Kier alpha value is -2.96. The number of rotatable bonds is 5. The normalized spacial score (nSPS) is 14.1. The largest absolute Gasteiger partial charge is 0.417 e. The second-order valence-corrected chi connectivity index (χ2v) is 8.05. The van der Waals surface area contributed by atoms with Crippen LogP contribution in [0.15, 0.2) is 47.4 Å². The second-order valence-electron chi connectivity index (χ2n) is 5.88. The molecule has 0 atom stereocenters. The van der Waals surface area contributed by atoms with Crippen LogP contribution in [0.5, 0.6) is 0 Å². The minimum Gasteiger partial charge on any atom is -0.328 e. The van der Waals surface area contributed by atoms with Crippen LogP contribution < -0.4 is 4.72 Å². The van der Waals surface area contributed by atoms with Crippen LogP contribution in [0.2, 0.25) is 5.02 Å².